The van der Waals surface area contributed by atoms with Gasteiger partial charge in [0.05, 0.1) is 12.4 Å². The van der Waals surface area contributed by atoms with Crippen molar-refractivity contribution in [3.05, 3.63) is 18.2 Å². The number of H-pyrrole nitrogens is 1. The van der Waals surface area contributed by atoms with E-state index in [1.165, 1.54) is 12.5 Å². The van der Waals surface area contributed by atoms with Gasteiger partial charge in [-0.25, -0.2) is 9.78 Å². The van der Waals surface area contributed by atoms with Crippen LogP contribution in [0.3, 0.4) is 0 Å². The highest BCUT2D eigenvalue weighted by atomic mass is 16.4. The van der Waals surface area contributed by atoms with Crippen LogP contribution >= 0.6 is 0 Å². The lowest BCUT2D eigenvalue weighted by Gasteiger charge is -2.28. The maximum Gasteiger partial charge on any atom is 0.326 e. The predicted octanol–water partition coefficient (Wildman–Crippen LogP) is -1.66. The molecule has 5 unspecified atom stereocenters. The number of aliphatic carboxylic acids is 1. The third kappa shape index (κ3) is 9.71. The fourth-order valence-electron chi connectivity index (χ4n) is 3.98. The molecule has 1 saturated heterocycles. The number of rotatable bonds is 15. The first-order valence-corrected chi connectivity index (χ1v) is 12.5. The van der Waals surface area contributed by atoms with Crippen LogP contribution in [0.2, 0.25) is 0 Å². The second kappa shape index (κ2) is 14.8. The van der Waals surface area contributed by atoms with Gasteiger partial charge < -0.3 is 42.8 Å². The Morgan fingerprint density at radius 1 is 1.19 bits per heavy atom. The fourth-order valence-corrected chi connectivity index (χ4v) is 3.98. The van der Waals surface area contributed by atoms with Crippen molar-refractivity contribution < 1.29 is 24.3 Å². The normalized spacial score (nSPS) is 18.2. The lowest BCUT2D eigenvalue weighted by Crippen LogP contribution is -2.59. The summed E-state index contributed by atoms with van der Waals surface area (Å²) in [5.41, 5.74) is 11.1. The van der Waals surface area contributed by atoms with Crippen molar-refractivity contribution in [2.75, 3.05) is 13.1 Å². The van der Waals surface area contributed by atoms with E-state index < -0.39 is 35.9 Å². The van der Waals surface area contributed by atoms with Crippen LogP contribution < -0.4 is 32.7 Å². The van der Waals surface area contributed by atoms with Crippen molar-refractivity contribution in [1.29, 1.82) is 0 Å². The van der Waals surface area contributed by atoms with Crippen molar-refractivity contribution in [1.82, 2.24) is 31.2 Å². The topological polar surface area (TPSA) is 230 Å². The number of hydrogen-bond donors (Lipinski definition) is 8. The van der Waals surface area contributed by atoms with Crippen molar-refractivity contribution >= 4 is 29.7 Å². The SMILES string of the molecule is CCC(C)C(NC(=O)C1CCCN1)C(=O)NC(Cc1cnc[nH]1)C(=O)NC(CCCN=C(N)N)C(=O)O. The van der Waals surface area contributed by atoms with Crippen LogP contribution in [0.15, 0.2) is 17.5 Å². The third-order valence-electron chi connectivity index (χ3n) is 6.34. The zero-order valence-corrected chi connectivity index (χ0v) is 21.3. The van der Waals surface area contributed by atoms with E-state index in [-0.39, 0.29) is 43.2 Å². The van der Waals surface area contributed by atoms with Crippen LogP contribution in [0.4, 0.5) is 0 Å². The molecule has 1 aliphatic heterocycles. The van der Waals surface area contributed by atoms with E-state index in [1.54, 1.807) is 0 Å². The summed E-state index contributed by atoms with van der Waals surface area (Å²) in [6.07, 6.45) is 5.58. The molecule has 206 valence electrons. The number of amides is 3. The number of nitrogens with one attached hydrogen (secondary N) is 5. The van der Waals surface area contributed by atoms with Gasteiger partial charge in [0, 0.05) is 24.9 Å². The van der Waals surface area contributed by atoms with Crippen LogP contribution in [0.1, 0.15) is 51.6 Å². The Kier molecular flexibility index (Phi) is 11.8. The summed E-state index contributed by atoms with van der Waals surface area (Å²) in [5, 5.41) is 20.7. The number of hydrogen-bond acceptors (Lipinski definition) is 7. The third-order valence-corrected chi connectivity index (χ3v) is 6.34. The van der Waals surface area contributed by atoms with Gasteiger partial charge in [0.2, 0.25) is 17.7 Å². The second-order valence-electron chi connectivity index (χ2n) is 9.21. The number of carboxylic acid groups (broad SMARTS) is 1. The molecule has 0 saturated carbocycles. The number of carboxylic acids is 1. The maximum absolute atomic E-state index is 13.3. The number of aromatic amines is 1. The molecule has 0 aromatic carbocycles. The molecule has 1 aromatic heterocycles. The first-order chi connectivity index (χ1) is 17.6. The average molecular weight is 522 g/mol. The van der Waals surface area contributed by atoms with Crippen molar-refractivity contribution in [3.63, 3.8) is 0 Å². The molecule has 37 heavy (non-hydrogen) atoms. The van der Waals surface area contributed by atoms with Gasteiger partial charge in [0.1, 0.15) is 18.1 Å². The Bertz CT molecular complexity index is 927. The van der Waals surface area contributed by atoms with Gasteiger partial charge in [0.25, 0.3) is 0 Å². The number of aliphatic imine (C=N–C) groups is 1. The number of aromatic nitrogens is 2. The van der Waals surface area contributed by atoms with E-state index in [0.29, 0.717) is 25.0 Å². The second-order valence-corrected chi connectivity index (χ2v) is 9.21. The summed E-state index contributed by atoms with van der Waals surface area (Å²) >= 11 is 0. The molecule has 0 bridgehead atoms. The van der Waals surface area contributed by atoms with E-state index in [9.17, 15) is 24.3 Å². The van der Waals surface area contributed by atoms with Crippen molar-refractivity contribution in [2.45, 2.75) is 76.5 Å². The number of nitrogens with zero attached hydrogens (tertiary/aromatic N) is 2. The largest absolute Gasteiger partial charge is 0.480 e. The molecule has 14 nitrogen and oxygen atoms in total. The van der Waals surface area contributed by atoms with Gasteiger partial charge in [-0.05, 0) is 38.1 Å². The molecule has 14 heteroatoms. The van der Waals surface area contributed by atoms with Gasteiger partial charge in [-0.2, -0.15) is 0 Å². The minimum atomic E-state index is -1.22. The van der Waals surface area contributed by atoms with Crippen LogP contribution in [-0.2, 0) is 25.6 Å². The molecule has 2 rings (SSSR count). The lowest BCUT2D eigenvalue weighted by atomic mass is 9.97. The summed E-state index contributed by atoms with van der Waals surface area (Å²) in [6.45, 7) is 4.69. The van der Waals surface area contributed by atoms with E-state index in [4.69, 9.17) is 11.5 Å². The van der Waals surface area contributed by atoms with Crippen LogP contribution in [-0.4, -0.2) is 82.0 Å². The van der Waals surface area contributed by atoms with Crippen molar-refractivity contribution in [3.8, 4) is 0 Å². The van der Waals surface area contributed by atoms with Gasteiger partial charge >= 0.3 is 5.97 Å². The average Bonchev–Trinajstić information content (AvgIpc) is 3.57. The monoisotopic (exact) mass is 521 g/mol. The number of imidazole rings is 1. The summed E-state index contributed by atoms with van der Waals surface area (Å²) in [4.78, 5) is 61.6. The summed E-state index contributed by atoms with van der Waals surface area (Å²) in [7, 11) is 0. The molecule has 5 atom stereocenters. The molecule has 1 fully saturated rings. The highest BCUT2D eigenvalue weighted by molar-refractivity contribution is 5.94. The molecule has 0 radical (unpaired) electrons. The van der Waals surface area contributed by atoms with Gasteiger partial charge in [-0.3, -0.25) is 19.4 Å². The highest BCUT2D eigenvalue weighted by Crippen LogP contribution is 2.12. The summed E-state index contributed by atoms with van der Waals surface area (Å²) < 4.78 is 0. The minimum Gasteiger partial charge on any atom is -0.480 e. The van der Waals surface area contributed by atoms with Gasteiger partial charge in [-0.15, -0.1) is 0 Å². The van der Waals surface area contributed by atoms with E-state index in [1.807, 2.05) is 13.8 Å². The predicted molar refractivity (Wildman–Crippen MR) is 136 cm³/mol. The molecule has 1 aliphatic rings. The molecule has 2 heterocycles. The fraction of sp³-hybridized carbons (Fsp3) is 0.652. The summed E-state index contributed by atoms with van der Waals surface area (Å²) in [6, 6.07) is -3.55. The highest BCUT2D eigenvalue weighted by Gasteiger charge is 2.33. The number of guanidine groups is 1. The summed E-state index contributed by atoms with van der Waals surface area (Å²) in [5.74, 6) is -3.00. The molecule has 3 amide bonds. The molecule has 10 N–H and O–H groups in total. The standard InChI is InChI=1S/C23H39N9O5/c1-3-13(2)18(32-19(33)15-6-4-8-27-15)21(35)31-17(10-14-11-26-12-29-14)20(34)30-16(22(36)37)7-5-9-28-23(24)25/h11-13,15-18,27H,3-10H2,1-2H3,(H,26,29)(H,30,34)(H,31,35)(H,32,33)(H,36,37)(H4,24,25,28). The van der Waals surface area contributed by atoms with Gasteiger partial charge in [0.15, 0.2) is 5.96 Å². The lowest BCUT2D eigenvalue weighted by molar-refractivity contribution is -0.142. The number of carbonyl (C=O) groups is 4. The number of nitrogens with two attached hydrogens (primary N) is 2. The van der Waals surface area contributed by atoms with Gasteiger partial charge in [-0.1, -0.05) is 20.3 Å². The first-order valence-electron chi connectivity index (χ1n) is 12.5. The molecule has 1 aromatic rings. The Hall–Kier alpha value is -3.68. The van der Waals surface area contributed by atoms with Crippen LogP contribution in [0.5, 0.6) is 0 Å². The quantitative estimate of drug-likeness (QED) is 0.0749. The van der Waals surface area contributed by atoms with E-state index >= 15 is 0 Å². The molecular weight excluding hydrogens is 482 g/mol. The zero-order valence-electron chi connectivity index (χ0n) is 21.3. The Balaban J connectivity index is 2.14. The Labute approximate surface area is 215 Å². The first kappa shape index (κ1) is 29.5. The maximum atomic E-state index is 13.3. The zero-order chi connectivity index (χ0) is 27.4. The smallest absolute Gasteiger partial charge is 0.326 e. The Morgan fingerprint density at radius 3 is 2.49 bits per heavy atom. The minimum absolute atomic E-state index is 0.0449. The van der Waals surface area contributed by atoms with E-state index in [2.05, 4.69) is 36.2 Å². The molecular formula is C23H39N9O5. The Morgan fingerprint density at radius 2 is 1.92 bits per heavy atom. The van der Waals surface area contributed by atoms with Crippen LogP contribution in [0, 0.1) is 5.92 Å². The molecule has 0 aliphatic carbocycles. The number of carbonyl (C=O) groups excluding carboxylic acids is 3. The van der Waals surface area contributed by atoms with Crippen LogP contribution in [0.25, 0.3) is 0 Å². The van der Waals surface area contributed by atoms with E-state index in [0.717, 1.165) is 13.0 Å². The molecule has 0 spiro atoms. The van der Waals surface area contributed by atoms with Crippen molar-refractivity contribution in [2.24, 2.45) is 22.4 Å².